The first kappa shape index (κ1) is 25.2. The Morgan fingerprint density at radius 1 is 1.06 bits per heavy atom. The molecule has 33 heavy (non-hydrogen) atoms. The molecule has 2 aromatic rings. The van der Waals surface area contributed by atoms with Crippen molar-refractivity contribution in [3.8, 4) is 0 Å². The molecule has 0 aliphatic heterocycles. The fourth-order valence-corrected chi connectivity index (χ4v) is 4.77. The van der Waals surface area contributed by atoms with Crippen molar-refractivity contribution in [1.29, 1.82) is 0 Å². The van der Waals surface area contributed by atoms with Crippen LogP contribution >= 0.6 is 0 Å². The summed E-state index contributed by atoms with van der Waals surface area (Å²) in [4.78, 5) is 15.8. The van der Waals surface area contributed by atoms with Gasteiger partial charge in [0.05, 0.1) is 5.22 Å². The van der Waals surface area contributed by atoms with Crippen molar-refractivity contribution in [2.75, 3.05) is 36.2 Å². The number of amides is 1. The van der Waals surface area contributed by atoms with Crippen LogP contribution in [0.2, 0.25) is 0 Å². The first-order chi connectivity index (χ1) is 16.0. The Morgan fingerprint density at radius 2 is 1.85 bits per heavy atom. The number of benzene rings is 2. The molecule has 1 aliphatic rings. The number of fused-ring (bicyclic) bond motifs is 1. The molecule has 0 unspecified atom stereocenters. The summed E-state index contributed by atoms with van der Waals surface area (Å²) in [6.45, 7) is 3.06. The monoisotopic (exact) mass is 466 g/mol. The molecular formula is C28H40N3OS+. The number of nitrogens with one attached hydrogen (secondary N) is 2. The quantitative estimate of drug-likeness (QED) is 0.381. The molecule has 0 aromatic heterocycles. The van der Waals surface area contributed by atoms with Gasteiger partial charge in [-0.1, -0.05) is 31.6 Å². The van der Waals surface area contributed by atoms with Crippen molar-refractivity contribution in [2.45, 2.75) is 64.7 Å². The summed E-state index contributed by atoms with van der Waals surface area (Å²) in [5.74, 6) is 0.0888. The normalized spacial score (nSPS) is 13.0. The minimum Gasteiger partial charge on any atom is -0.384 e. The number of aryl methyl sites for hydroxylation is 1. The van der Waals surface area contributed by atoms with Crippen LogP contribution in [-0.2, 0) is 23.8 Å². The summed E-state index contributed by atoms with van der Waals surface area (Å²) in [5.41, 5.74) is 4.65. The van der Waals surface area contributed by atoms with E-state index in [0.717, 1.165) is 50.8 Å². The van der Waals surface area contributed by atoms with Gasteiger partial charge in [-0.05, 0) is 81.0 Å². The number of unbranched alkanes of at least 4 members (excludes halogenated alkanes) is 2. The average molecular weight is 467 g/mol. The number of anilines is 3. The molecule has 178 valence electrons. The van der Waals surface area contributed by atoms with Gasteiger partial charge in [0, 0.05) is 55.8 Å². The second kappa shape index (κ2) is 12.7. The van der Waals surface area contributed by atoms with Gasteiger partial charge in [-0.3, -0.25) is 4.79 Å². The van der Waals surface area contributed by atoms with E-state index in [2.05, 4.69) is 79.5 Å². The highest BCUT2D eigenvalue weighted by Crippen LogP contribution is 2.15. The predicted molar refractivity (Wildman–Crippen MR) is 148 cm³/mol. The molecule has 2 N–H and O–H groups in total. The summed E-state index contributed by atoms with van der Waals surface area (Å²) in [7, 11) is 4.20. The molecule has 0 saturated carbocycles. The van der Waals surface area contributed by atoms with E-state index in [-0.39, 0.29) is 5.91 Å². The van der Waals surface area contributed by atoms with E-state index in [9.17, 15) is 4.79 Å². The molecule has 5 heteroatoms. The number of rotatable bonds is 11. The molecule has 0 spiro atoms. The SMILES string of the molecule is CCCCc1ccc(NC(=O)CCCCNc2ccc(N(C)C)c3c2=C([SH2+])CCCC=3)cc1. The molecule has 2 aromatic carbocycles. The zero-order valence-corrected chi connectivity index (χ0v) is 21.5. The lowest BCUT2D eigenvalue weighted by Gasteiger charge is -2.16. The van der Waals surface area contributed by atoms with Crippen LogP contribution in [0.4, 0.5) is 17.1 Å². The van der Waals surface area contributed by atoms with Crippen LogP contribution in [0.25, 0.3) is 11.0 Å². The Morgan fingerprint density at radius 3 is 2.58 bits per heavy atom. The lowest BCUT2D eigenvalue weighted by Crippen LogP contribution is -2.34. The van der Waals surface area contributed by atoms with Gasteiger partial charge in [-0.2, -0.15) is 0 Å². The summed E-state index contributed by atoms with van der Waals surface area (Å²) in [6, 6.07) is 12.6. The van der Waals surface area contributed by atoms with Gasteiger partial charge in [0.15, 0.2) is 0 Å². The molecule has 1 amide bonds. The third kappa shape index (κ3) is 7.29. The number of carbonyl (C=O) groups excluding carboxylic acids is 1. The number of hydrogen-bond acceptors (Lipinski definition) is 3. The molecule has 0 fully saturated rings. The first-order valence-corrected chi connectivity index (χ1v) is 12.9. The summed E-state index contributed by atoms with van der Waals surface area (Å²) < 4.78 is 0. The summed E-state index contributed by atoms with van der Waals surface area (Å²) in [5, 5.41) is 9.25. The largest absolute Gasteiger partial charge is 0.384 e. The Hall–Kier alpha value is -2.40. The van der Waals surface area contributed by atoms with Crippen LogP contribution in [0, 0.1) is 0 Å². The van der Waals surface area contributed by atoms with E-state index in [1.165, 1.54) is 45.1 Å². The highest BCUT2D eigenvalue weighted by atomic mass is 32.1. The van der Waals surface area contributed by atoms with Crippen LogP contribution in [0.1, 0.15) is 63.9 Å². The first-order valence-electron chi connectivity index (χ1n) is 12.4. The smallest absolute Gasteiger partial charge is 0.224 e. The maximum Gasteiger partial charge on any atom is 0.224 e. The topological polar surface area (TPSA) is 44.4 Å². The molecule has 3 rings (SSSR count). The van der Waals surface area contributed by atoms with E-state index < -0.39 is 0 Å². The Balaban J connectivity index is 1.50. The van der Waals surface area contributed by atoms with Gasteiger partial charge in [0.25, 0.3) is 0 Å². The maximum atomic E-state index is 12.3. The van der Waals surface area contributed by atoms with E-state index in [4.69, 9.17) is 0 Å². The van der Waals surface area contributed by atoms with Gasteiger partial charge < -0.3 is 15.5 Å². The van der Waals surface area contributed by atoms with Crippen molar-refractivity contribution < 1.29 is 4.79 Å². The van der Waals surface area contributed by atoms with Crippen LogP contribution in [0.15, 0.2) is 36.4 Å². The van der Waals surface area contributed by atoms with Crippen LogP contribution in [-0.4, -0.2) is 26.5 Å². The lowest BCUT2D eigenvalue weighted by atomic mass is 10.1. The fourth-order valence-electron chi connectivity index (χ4n) is 4.32. The zero-order valence-electron chi connectivity index (χ0n) is 20.5. The molecule has 0 heterocycles. The molecular weight excluding hydrogens is 426 g/mol. The van der Waals surface area contributed by atoms with Gasteiger partial charge in [0.1, 0.15) is 4.91 Å². The number of nitrogens with zero attached hydrogens (tertiary/aromatic N) is 1. The summed E-state index contributed by atoms with van der Waals surface area (Å²) >= 11 is 3.90. The number of hydrogen-bond donors (Lipinski definition) is 2. The van der Waals surface area contributed by atoms with E-state index in [1.54, 1.807) is 0 Å². The Bertz CT molecular complexity index is 1040. The minimum absolute atomic E-state index is 0.0888. The van der Waals surface area contributed by atoms with Gasteiger partial charge in [-0.25, -0.2) is 0 Å². The Kier molecular flexibility index (Phi) is 9.74. The molecule has 1 aliphatic carbocycles. The third-order valence-electron chi connectivity index (χ3n) is 6.19. The van der Waals surface area contributed by atoms with Crippen molar-refractivity contribution in [2.24, 2.45) is 0 Å². The second-order valence-electron chi connectivity index (χ2n) is 9.12. The van der Waals surface area contributed by atoms with E-state index >= 15 is 0 Å². The maximum absolute atomic E-state index is 12.3. The molecule has 0 bridgehead atoms. The Labute approximate surface area is 204 Å². The van der Waals surface area contributed by atoms with Gasteiger partial charge in [0.2, 0.25) is 5.91 Å². The van der Waals surface area contributed by atoms with Crippen molar-refractivity contribution in [3.05, 3.63) is 52.4 Å². The summed E-state index contributed by atoms with van der Waals surface area (Å²) in [6.07, 6.45) is 11.6. The fraction of sp³-hybridized carbons (Fsp3) is 0.464. The molecule has 0 atom stereocenters. The van der Waals surface area contributed by atoms with E-state index in [0.29, 0.717) is 6.42 Å². The number of carbonyl (C=O) groups is 1. The molecule has 0 saturated heterocycles. The van der Waals surface area contributed by atoms with E-state index in [1.807, 2.05) is 12.1 Å². The highest BCUT2D eigenvalue weighted by molar-refractivity contribution is 7.69. The average Bonchev–Trinajstić information content (AvgIpc) is 3.00. The van der Waals surface area contributed by atoms with Crippen molar-refractivity contribution in [1.82, 2.24) is 0 Å². The highest BCUT2D eigenvalue weighted by Gasteiger charge is 2.13. The third-order valence-corrected chi connectivity index (χ3v) is 6.69. The van der Waals surface area contributed by atoms with Gasteiger partial charge in [-0.15, -0.1) is 0 Å². The lowest BCUT2D eigenvalue weighted by molar-refractivity contribution is -0.116. The zero-order chi connectivity index (χ0) is 23.6. The minimum atomic E-state index is 0.0888. The van der Waals surface area contributed by atoms with Crippen LogP contribution in [0.5, 0.6) is 0 Å². The molecule has 4 nitrogen and oxygen atoms in total. The van der Waals surface area contributed by atoms with Crippen LogP contribution in [0.3, 0.4) is 0 Å². The predicted octanol–water partition coefficient (Wildman–Crippen LogP) is 4.40. The van der Waals surface area contributed by atoms with Crippen molar-refractivity contribution in [3.63, 3.8) is 0 Å². The standard InChI is InChI=1S/C28H39N3OS/c1-4-5-10-21-14-16-22(17-15-21)30-27(32)13-8-9-20-29-24-18-19-25(31(2)3)23-11-6-7-12-26(33)28(23)24/h11,14-19,29,33H,4-10,12-13,20H2,1-3H3,(H,30,32)/p+1. The van der Waals surface area contributed by atoms with Gasteiger partial charge >= 0.3 is 0 Å². The van der Waals surface area contributed by atoms with Crippen molar-refractivity contribution >= 4 is 46.6 Å². The second-order valence-corrected chi connectivity index (χ2v) is 9.73. The molecule has 0 radical (unpaired) electrons. The van der Waals surface area contributed by atoms with Crippen LogP contribution < -0.4 is 26.0 Å².